The van der Waals surface area contributed by atoms with E-state index in [2.05, 4.69) is 72.5 Å². The molecular formula is C22H27NO. The standard InChI is InChI=1S/C22H27NO/c1-17-13-21(14-22(17)18(2)24)23(15-19-9-5-3-6-10-19)16-20-11-7-4-8-12-20/h3-12,17,21-22H,13-16H2,1-2H3. The number of carbonyl (C=O) groups excluding carboxylic acids is 1. The van der Waals surface area contributed by atoms with Crippen LogP contribution in [0, 0.1) is 11.8 Å². The largest absolute Gasteiger partial charge is 0.300 e. The minimum absolute atomic E-state index is 0.226. The maximum atomic E-state index is 11.9. The summed E-state index contributed by atoms with van der Waals surface area (Å²) in [5.74, 6) is 1.06. The second-order valence-electron chi connectivity index (χ2n) is 7.20. The molecule has 0 amide bonds. The summed E-state index contributed by atoms with van der Waals surface area (Å²) in [6.45, 7) is 5.87. The highest BCUT2D eigenvalue weighted by Gasteiger charge is 2.36. The molecule has 126 valence electrons. The third kappa shape index (κ3) is 4.12. The van der Waals surface area contributed by atoms with E-state index in [9.17, 15) is 4.79 Å². The topological polar surface area (TPSA) is 20.3 Å². The van der Waals surface area contributed by atoms with E-state index in [1.165, 1.54) is 11.1 Å². The van der Waals surface area contributed by atoms with E-state index >= 15 is 0 Å². The summed E-state index contributed by atoms with van der Waals surface area (Å²) in [7, 11) is 0. The van der Waals surface area contributed by atoms with Crippen LogP contribution in [0.15, 0.2) is 60.7 Å². The molecule has 3 rings (SSSR count). The van der Waals surface area contributed by atoms with Gasteiger partial charge in [0, 0.05) is 25.0 Å². The highest BCUT2D eigenvalue weighted by Crippen LogP contribution is 2.36. The van der Waals surface area contributed by atoms with Crippen LogP contribution in [0.4, 0.5) is 0 Å². The Morgan fingerprint density at radius 2 is 1.42 bits per heavy atom. The van der Waals surface area contributed by atoms with Gasteiger partial charge in [-0.1, -0.05) is 67.6 Å². The van der Waals surface area contributed by atoms with Crippen molar-refractivity contribution in [2.75, 3.05) is 0 Å². The van der Waals surface area contributed by atoms with Crippen molar-refractivity contribution in [1.82, 2.24) is 4.90 Å². The molecule has 2 nitrogen and oxygen atoms in total. The summed E-state index contributed by atoms with van der Waals surface area (Å²) >= 11 is 0. The number of Topliss-reactive ketones (excluding diaryl/α,β-unsaturated/α-hetero) is 1. The van der Waals surface area contributed by atoms with Gasteiger partial charge in [0.2, 0.25) is 0 Å². The second-order valence-corrected chi connectivity index (χ2v) is 7.20. The van der Waals surface area contributed by atoms with E-state index in [-0.39, 0.29) is 5.92 Å². The zero-order valence-electron chi connectivity index (χ0n) is 14.7. The fourth-order valence-corrected chi connectivity index (χ4v) is 4.03. The normalized spacial score (nSPS) is 23.5. The number of nitrogens with zero attached hydrogens (tertiary/aromatic N) is 1. The maximum absolute atomic E-state index is 11.9. The van der Waals surface area contributed by atoms with Crippen LogP contribution < -0.4 is 0 Å². The van der Waals surface area contributed by atoms with E-state index in [1.54, 1.807) is 6.92 Å². The zero-order chi connectivity index (χ0) is 16.9. The van der Waals surface area contributed by atoms with Crippen LogP contribution in [0.2, 0.25) is 0 Å². The van der Waals surface area contributed by atoms with Crippen molar-refractivity contribution in [3.8, 4) is 0 Å². The van der Waals surface area contributed by atoms with Crippen LogP contribution in [-0.2, 0) is 17.9 Å². The smallest absolute Gasteiger partial charge is 0.133 e. The first kappa shape index (κ1) is 16.9. The Balaban J connectivity index is 1.78. The fraction of sp³-hybridized carbons (Fsp3) is 0.409. The van der Waals surface area contributed by atoms with Crippen LogP contribution in [0.5, 0.6) is 0 Å². The number of hydrogen-bond acceptors (Lipinski definition) is 2. The molecule has 0 aliphatic heterocycles. The number of carbonyl (C=O) groups is 1. The molecule has 1 aliphatic rings. The van der Waals surface area contributed by atoms with Gasteiger partial charge in [0.1, 0.15) is 5.78 Å². The Kier molecular flexibility index (Phi) is 5.47. The maximum Gasteiger partial charge on any atom is 0.133 e. The summed E-state index contributed by atoms with van der Waals surface area (Å²) in [4.78, 5) is 14.5. The van der Waals surface area contributed by atoms with Crippen molar-refractivity contribution in [2.24, 2.45) is 11.8 Å². The molecular weight excluding hydrogens is 294 g/mol. The van der Waals surface area contributed by atoms with Gasteiger partial charge >= 0.3 is 0 Å². The number of benzene rings is 2. The minimum Gasteiger partial charge on any atom is -0.300 e. The van der Waals surface area contributed by atoms with Crippen LogP contribution in [-0.4, -0.2) is 16.7 Å². The quantitative estimate of drug-likeness (QED) is 0.769. The van der Waals surface area contributed by atoms with Gasteiger partial charge in [0.05, 0.1) is 0 Å². The van der Waals surface area contributed by atoms with Gasteiger partial charge in [-0.05, 0) is 36.8 Å². The molecule has 0 aromatic heterocycles. The predicted molar refractivity (Wildman–Crippen MR) is 98.5 cm³/mol. The van der Waals surface area contributed by atoms with Crippen LogP contribution in [0.1, 0.15) is 37.8 Å². The molecule has 3 unspecified atom stereocenters. The van der Waals surface area contributed by atoms with Crippen molar-refractivity contribution in [3.05, 3.63) is 71.8 Å². The predicted octanol–water partition coefficient (Wildman–Crippen LogP) is 4.69. The molecule has 0 radical (unpaired) electrons. The van der Waals surface area contributed by atoms with Crippen LogP contribution in [0.25, 0.3) is 0 Å². The van der Waals surface area contributed by atoms with Crippen molar-refractivity contribution in [2.45, 2.75) is 45.8 Å². The molecule has 0 bridgehead atoms. The van der Waals surface area contributed by atoms with Crippen molar-refractivity contribution in [1.29, 1.82) is 0 Å². The van der Waals surface area contributed by atoms with Gasteiger partial charge in [0.15, 0.2) is 0 Å². The van der Waals surface area contributed by atoms with Crippen LogP contribution >= 0.6 is 0 Å². The first-order valence-electron chi connectivity index (χ1n) is 8.96. The monoisotopic (exact) mass is 321 g/mol. The summed E-state index contributed by atoms with van der Waals surface area (Å²) in [5, 5.41) is 0. The molecule has 1 saturated carbocycles. The number of rotatable bonds is 6. The van der Waals surface area contributed by atoms with Gasteiger partial charge < -0.3 is 0 Å². The van der Waals surface area contributed by atoms with Crippen molar-refractivity contribution >= 4 is 5.78 Å². The summed E-state index contributed by atoms with van der Waals surface area (Å²) in [6.07, 6.45) is 2.11. The Hall–Kier alpha value is -1.93. The molecule has 2 aromatic carbocycles. The van der Waals surface area contributed by atoms with E-state index in [4.69, 9.17) is 0 Å². The Bertz CT molecular complexity index is 611. The highest BCUT2D eigenvalue weighted by molar-refractivity contribution is 5.79. The van der Waals surface area contributed by atoms with E-state index in [0.717, 1.165) is 25.9 Å². The van der Waals surface area contributed by atoms with Gasteiger partial charge in [-0.25, -0.2) is 0 Å². The molecule has 1 fully saturated rings. The SMILES string of the molecule is CC(=O)C1CC(N(Cc2ccccc2)Cc2ccccc2)CC1C. The molecule has 0 N–H and O–H groups in total. The summed E-state index contributed by atoms with van der Waals surface area (Å²) in [5.41, 5.74) is 2.68. The summed E-state index contributed by atoms with van der Waals surface area (Å²) < 4.78 is 0. The van der Waals surface area contributed by atoms with Gasteiger partial charge in [-0.15, -0.1) is 0 Å². The van der Waals surface area contributed by atoms with E-state index in [1.807, 2.05) is 0 Å². The second kappa shape index (κ2) is 7.76. The Labute approximate surface area is 145 Å². The minimum atomic E-state index is 0.226. The lowest BCUT2D eigenvalue weighted by molar-refractivity contribution is -0.121. The van der Waals surface area contributed by atoms with Crippen LogP contribution in [0.3, 0.4) is 0 Å². The molecule has 1 aliphatic carbocycles. The number of hydrogen-bond donors (Lipinski definition) is 0. The molecule has 0 spiro atoms. The lowest BCUT2D eigenvalue weighted by atomic mass is 9.95. The average Bonchev–Trinajstić information content (AvgIpc) is 2.98. The fourth-order valence-electron chi connectivity index (χ4n) is 4.03. The first-order valence-corrected chi connectivity index (χ1v) is 8.96. The molecule has 3 atom stereocenters. The molecule has 2 heteroatoms. The average molecular weight is 321 g/mol. The lowest BCUT2D eigenvalue weighted by Crippen LogP contribution is -2.33. The molecule has 0 heterocycles. The molecule has 0 saturated heterocycles. The van der Waals surface area contributed by atoms with Crippen molar-refractivity contribution in [3.63, 3.8) is 0 Å². The first-order chi connectivity index (χ1) is 11.6. The summed E-state index contributed by atoms with van der Waals surface area (Å²) in [6, 6.07) is 21.8. The Morgan fingerprint density at radius 1 is 0.917 bits per heavy atom. The molecule has 2 aromatic rings. The molecule has 24 heavy (non-hydrogen) atoms. The third-order valence-electron chi connectivity index (χ3n) is 5.35. The van der Waals surface area contributed by atoms with E-state index < -0.39 is 0 Å². The number of ketones is 1. The highest BCUT2D eigenvalue weighted by atomic mass is 16.1. The Morgan fingerprint density at radius 3 is 1.83 bits per heavy atom. The van der Waals surface area contributed by atoms with Crippen molar-refractivity contribution < 1.29 is 4.79 Å². The van der Waals surface area contributed by atoms with Gasteiger partial charge in [-0.2, -0.15) is 0 Å². The zero-order valence-corrected chi connectivity index (χ0v) is 14.7. The van der Waals surface area contributed by atoms with Gasteiger partial charge in [0.25, 0.3) is 0 Å². The third-order valence-corrected chi connectivity index (χ3v) is 5.35. The van der Waals surface area contributed by atoms with Gasteiger partial charge in [-0.3, -0.25) is 9.69 Å². The van der Waals surface area contributed by atoms with E-state index in [0.29, 0.717) is 17.7 Å². The lowest BCUT2D eigenvalue weighted by Gasteiger charge is -2.29.